The van der Waals surface area contributed by atoms with Gasteiger partial charge in [0.2, 0.25) is 5.91 Å². The molecule has 3 heterocycles. The van der Waals surface area contributed by atoms with Gasteiger partial charge in [0.1, 0.15) is 5.82 Å². The highest BCUT2D eigenvalue weighted by atomic mass is 19.4. The summed E-state index contributed by atoms with van der Waals surface area (Å²) >= 11 is 0. The second-order valence-corrected chi connectivity index (χ2v) is 8.85. The summed E-state index contributed by atoms with van der Waals surface area (Å²) in [4.78, 5) is 19.6. The molecule has 1 N–H and O–H groups in total. The Kier molecular flexibility index (Phi) is 5.56. The molecule has 3 aromatic rings. The minimum Gasteiger partial charge on any atom is -0.353 e. The fourth-order valence-electron chi connectivity index (χ4n) is 4.84. The molecular formula is C26H24F3N3O. The average molecular weight is 451 g/mol. The van der Waals surface area contributed by atoms with Crippen LogP contribution in [0.5, 0.6) is 0 Å². The van der Waals surface area contributed by atoms with Crippen molar-refractivity contribution in [3.8, 4) is 0 Å². The van der Waals surface area contributed by atoms with Gasteiger partial charge < -0.3 is 10.2 Å². The summed E-state index contributed by atoms with van der Waals surface area (Å²) in [5, 5.41) is 3.73. The van der Waals surface area contributed by atoms with Gasteiger partial charge in [-0.15, -0.1) is 0 Å². The predicted molar refractivity (Wildman–Crippen MR) is 124 cm³/mol. The smallest absolute Gasteiger partial charge is 0.353 e. The zero-order chi connectivity index (χ0) is 23.0. The van der Waals surface area contributed by atoms with E-state index >= 15 is 0 Å². The van der Waals surface area contributed by atoms with E-state index in [4.69, 9.17) is 4.98 Å². The van der Waals surface area contributed by atoms with E-state index in [1.165, 1.54) is 50.0 Å². The first-order valence-electron chi connectivity index (χ1n) is 11.2. The summed E-state index contributed by atoms with van der Waals surface area (Å²) in [7, 11) is 0. The summed E-state index contributed by atoms with van der Waals surface area (Å²) in [5.41, 5.74) is 1.31. The minimum atomic E-state index is -4.38. The molecule has 6 rings (SSSR count). The molecule has 0 atom stereocenters. The van der Waals surface area contributed by atoms with Gasteiger partial charge in [-0.1, -0.05) is 12.1 Å². The second-order valence-electron chi connectivity index (χ2n) is 8.85. The van der Waals surface area contributed by atoms with Crippen molar-refractivity contribution in [1.29, 1.82) is 0 Å². The number of nitrogens with one attached hydrogen (secondary N) is 1. The lowest BCUT2D eigenvalue weighted by atomic mass is 9.80. The monoisotopic (exact) mass is 451 g/mol. The Morgan fingerprint density at radius 1 is 1.00 bits per heavy atom. The van der Waals surface area contributed by atoms with Crippen LogP contribution in [0.25, 0.3) is 17.0 Å². The zero-order valence-corrected chi connectivity index (χ0v) is 18.0. The molecule has 1 saturated carbocycles. The molecule has 4 nitrogen and oxygen atoms in total. The number of amides is 1. The van der Waals surface area contributed by atoms with Crippen molar-refractivity contribution in [2.45, 2.75) is 37.9 Å². The molecule has 0 unspecified atom stereocenters. The third-order valence-electron chi connectivity index (χ3n) is 6.61. The van der Waals surface area contributed by atoms with E-state index in [0.29, 0.717) is 17.3 Å². The van der Waals surface area contributed by atoms with Gasteiger partial charge >= 0.3 is 6.18 Å². The van der Waals surface area contributed by atoms with Crippen LogP contribution >= 0.6 is 0 Å². The Balaban J connectivity index is 1.25. The highest BCUT2D eigenvalue weighted by Crippen LogP contribution is 2.37. The number of hydrogen-bond acceptors (Lipinski definition) is 3. The number of rotatable bonds is 4. The van der Waals surface area contributed by atoms with Gasteiger partial charge in [-0.3, -0.25) is 4.79 Å². The maximum atomic E-state index is 12.7. The van der Waals surface area contributed by atoms with Crippen LogP contribution in [0.3, 0.4) is 0 Å². The molecule has 3 fully saturated rings. The van der Waals surface area contributed by atoms with Crippen molar-refractivity contribution in [3.05, 3.63) is 71.8 Å². The second kappa shape index (κ2) is 8.54. The van der Waals surface area contributed by atoms with E-state index in [2.05, 4.69) is 16.3 Å². The molecule has 1 amide bonds. The Hall–Kier alpha value is -3.35. The first-order valence-corrected chi connectivity index (χ1v) is 11.2. The van der Waals surface area contributed by atoms with Crippen molar-refractivity contribution < 1.29 is 18.0 Å². The Bertz CT molecular complexity index is 1200. The van der Waals surface area contributed by atoms with E-state index in [1.807, 2.05) is 24.3 Å². The number of pyridine rings is 1. The van der Waals surface area contributed by atoms with Gasteiger partial charge in [-0.2, -0.15) is 13.2 Å². The maximum Gasteiger partial charge on any atom is 0.416 e. The highest BCUT2D eigenvalue weighted by molar-refractivity contribution is 6.03. The lowest BCUT2D eigenvalue weighted by Crippen LogP contribution is -2.48. The molecular weight excluding hydrogens is 427 g/mol. The predicted octanol–water partition coefficient (Wildman–Crippen LogP) is 6.28. The number of anilines is 2. The fraction of sp³-hybridized carbons (Fsp3) is 0.308. The molecule has 2 bridgehead atoms. The van der Waals surface area contributed by atoms with Crippen molar-refractivity contribution in [2.75, 3.05) is 16.8 Å². The van der Waals surface area contributed by atoms with Gasteiger partial charge in [-0.05, 0) is 85.7 Å². The molecule has 1 aliphatic carbocycles. The summed E-state index contributed by atoms with van der Waals surface area (Å²) in [6.45, 7) is 1.09. The summed E-state index contributed by atoms with van der Waals surface area (Å²) < 4.78 is 38.0. The molecule has 170 valence electrons. The van der Waals surface area contributed by atoms with Crippen molar-refractivity contribution in [2.24, 2.45) is 5.92 Å². The van der Waals surface area contributed by atoms with Crippen LogP contribution in [-0.4, -0.2) is 23.5 Å². The topological polar surface area (TPSA) is 45.2 Å². The van der Waals surface area contributed by atoms with Crippen molar-refractivity contribution >= 4 is 34.4 Å². The van der Waals surface area contributed by atoms with E-state index in [1.54, 1.807) is 0 Å². The van der Waals surface area contributed by atoms with Gasteiger partial charge in [0.05, 0.1) is 11.1 Å². The quantitative estimate of drug-likeness (QED) is 0.475. The lowest BCUT2D eigenvalue weighted by molar-refractivity contribution is -0.137. The Morgan fingerprint density at radius 3 is 2.42 bits per heavy atom. The van der Waals surface area contributed by atoms with Crippen LogP contribution in [0, 0.1) is 5.92 Å². The number of halogens is 3. The zero-order valence-electron chi connectivity index (χ0n) is 18.0. The molecule has 7 heteroatoms. The third-order valence-corrected chi connectivity index (χ3v) is 6.61. The van der Waals surface area contributed by atoms with Gasteiger partial charge in [0.25, 0.3) is 0 Å². The third kappa shape index (κ3) is 4.72. The summed E-state index contributed by atoms with van der Waals surface area (Å²) in [5.74, 6) is 1.44. The standard InChI is InChI=1S/C26H24F3N3O/c27-26(28,29)20-7-1-17(2-8-20)5-14-25(33)30-21-9-12-23-19(15-21)6-13-24(31-23)32-16-18-3-10-22(32)11-4-18/h1-2,5-9,12-15,18,22H,3-4,10-11,16H2,(H,30,33)/b14-5+. The van der Waals surface area contributed by atoms with Crippen LogP contribution in [0.1, 0.15) is 36.8 Å². The molecule has 0 radical (unpaired) electrons. The summed E-state index contributed by atoms with van der Waals surface area (Å²) in [6.07, 6.45) is 3.55. The number of piperidine rings is 2. The maximum absolute atomic E-state index is 12.7. The van der Waals surface area contributed by atoms with E-state index in [-0.39, 0.29) is 5.91 Å². The Labute approximate surface area is 190 Å². The molecule has 1 aromatic heterocycles. The molecule has 3 aliphatic rings. The normalized spacial score (nSPS) is 20.5. The Morgan fingerprint density at radius 2 is 1.76 bits per heavy atom. The fourth-order valence-corrected chi connectivity index (χ4v) is 4.84. The minimum absolute atomic E-state index is 0.358. The van der Waals surface area contributed by atoms with Gasteiger partial charge in [-0.25, -0.2) is 4.98 Å². The van der Waals surface area contributed by atoms with Crippen molar-refractivity contribution in [1.82, 2.24) is 4.98 Å². The van der Waals surface area contributed by atoms with Crippen LogP contribution in [0.4, 0.5) is 24.7 Å². The number of benzene rings is 2. The lowest BCUT2D eigenvalue weighted by Gasteiger charge is -2.46. The van der Waals surface area contributed by atoms with Crippen LogP contribution in [0.2, 0.25) is 0 Å². The molecule has 0 spiro atoms. The van der Waals surface area contributed by atoms with Crippen LogP contribution in [-0.2, 0) is 11.0 Å². The highest BCUT2D eigenvalue weighted by Gasteiger charge is 2.34. The van der Waals surface area contributed by atoms with E-state index < -0.39 is 11.7 Å². The molecule has 2 saturated heterocycles. The van der Waals surface area contributed by atoms with Gasteiger partial charge in [0.15, 0.2) is 0 Å². The SMILES string of the molecule is O=C(/C=C/c1ccc(C(F)(F)F)cc1)Nc1ccc2nc(N3CC4CCC3CC4)ccc2c1. The largest absolute Gasteiger partial charge is 0.416 e. The molecule has 33 heavy (non-hydrogen) atoms. The number of hydrogen-bond donors (Lipinski definition) is 1. The molecule has 2 aromatic carbocycles. The van der Waals surface area contributed by atoms with Crippen molar-refractivity contribution in [3.63, 3.8) is 0 Å². The first-order chi connectivity index (χ1) is 15.8. The van der Waals surface area contributed by atoms with Crippen LogP contribution < -0.4 is 10.2 Å². The number of carbonyl (C=O) groups is 1. The number of nitrogens with zero attached hydrogens (tertiary/aromatic N) is 2. The number of carbonyl (C=O) groups excluding carboxylic acids is 1. The first kappa shape index (κ1) is 21.5. The number of alkyl halides is 3. The average Bonchev–Trinajstić information content (AvgIpc) is 2.83. The summed E-state index contributed by atoms with van der Waals surface area (Å²) in [6, 6.07) is 14.9. The van der Waals surface area contributed by atoms with E-state index in [0.717, 1.165) is 41.3 Å². The number of fused-ring (bicyclic) bond motifs is 4. The van der Waals surface area contributed by atoms with Crippen LogP contribution in [0.15, 0.2) is 60.7 Å². The van der Waals surface area contributed by atoms with Gasteiger partial charge in [0, 0.05) is 29.7 Å². The van der Waals surface area contributed by atoms with E-state index in [9.17, 15) is 18.0 Å². The molecule has 2 aliphatic heterocycles. The number of aromatic nitrogens is 1.